The summed E-state index contributed by atoms with van der Waals surface area (Å²) in [5.74, 6) is -0.908. The standard InChI is InChI=1S/C21H18N2O7/c24-15-11-29-20(23-13-4-2-1-3-5-13)19(15)21(26)30-12-18(25)22-14-6-7-16-17(10-14)28-9-8-27-16/h1-7,10,23H,8-9,11-12H2,(H,22,25). The number of nitrogens with one attached hydrogen (secondary N) is 2. The van der Waals surface area contributed by atoms with Crippen LogP contribution in [0.25, 0.3) is 0 Å². The fourth-order valence-corrected chi connectivity index (χ4v) is 2.89. The molecule has 2 aliphatic rings. The minimum Gasteiger partial charge on any atom is -0.486 e. The monoisotopic (exact) mass is 410 g/mol. The van der Waals surface area contributed by atoms with Crippen LogP contribution in [0, 0.1) is 0 Å². The number of amides is 1. The van der Waals surface area contributed by atoms with Crippen LogP contribution in [0.1, 0.15) is 0 Å². The lowest BCUT2D eigenvalue weighted by Crippen LogP contribution is -2.24. The van der Waals surface area contributed by atoms with Crippen LogP contribution >= 0.6 is 0 Å². The Morgan fingerprint density at radius 2 is 1.70 bits per heavy atom. The van der Waals surface area contributed by atoms with Crippen LogP contribution in [-0.2, 0) is 23.9 Å². The minimum atomic E-state index is -0.937. The van der Waals surface area contributed by atoms with E-state index in [-0.39, 0.29) is 18.1 Å². The molecule has 9 nitrogen and oxygen atoms in total. The third kappa shape index (κ3) is 4.35. The lowest BCUT2D eigenvalue weighted by molar-refractivity contribution is -0.144. The molecule has 0 spiro atoms. The molecule has 1 amide bonds. The Morgan fingerprint density at radius 3 is 2.50 bits per heavy atom. The molecule has 0 saturated carbocycles. The molecule has 154 valence electrons. The highest BCUT2D eigenvalue weighted by molar-refractivity contribution is 6.20. The van der Waals surface area contributed by atoms with E-state index in [9.17, 15) is 14.4 Å². The normalized spacial score (nSPS) is 14.7. The highest BCUT2D eigenvalue weighted by Gasteiger charge is 2.32. The molecule has 9 heteroatoms. The first-order chi connectivity index (χ1) is 14.6. The maximum absolute atomic E-state index is 12.4. The molecule has 0 unspecified atom stereocenters. The first-order valence-electron chi connectivity index (χ1n) is 9.19. The summed E-state index contributed by atoms with van der Waals surface area (Å²) in [6.45, 7) is 0.0479. The van der Waals surface area contributed by atoms with Crippen LogP contribution in [-0.4, -0.2) is 44.1 Å². The van der Waals surface area contributed by atoms with Crippen molar-refractivity contribution in [1.82, 2.24) is 0 Å². The smallest absolute Gasteiger partial charge is 0.347 e. The third-order valence-corrected chi connectivity index (χ3v) is 4.25. The SMILES string of the molecule is O=C(COC(=O)C1=C(Nc2ccccc2)OCC1=O)Nc1ccc2c(c1)OCCO2. The number of carbonyl (C=O) groups excluding carboxylic acids is 3. The van der Waals surface area contributed by atoms with E-state index in [4.69, 9.17) is 18.9 Å². The highest BCUT2D eigenvalue weighted by Crippen LogP contribution is 2.32. The van der Waals surface area contributed by atoms with Crippen molar-refractivity contribution in [3.8, 4) is 11.5 Å². The van der Waals surface area contributed by atoms with Gasteiger partial charge in [0.05, 0.1) is 0 Å². The van der Waals surface area contributed by atoms with E-state index in [2.05, 4.69) is 10.6 Å². The number of para-hydroxylation sites is 1. The fraction of sp³-hybridized carbons (Fsp3) is 0.190. The van der Waals surface area contributed by atoms with Gasteiger partial charge in [-0.15, -0.1) is 0 Å². The van der Waals surface area contributed by atoms with Crippen molar-refractivity contribution < 1.29 is 33.3 Å². The van der Waals surface area contributed by atoms with E-state index in [1.807, 2.05) is 6.07 Å². The van der Waals surface area contributed by atoms with Crippen molar-refractivity contribution in [1.29, 1.82) is 0 Å². The zero-order valence-electron chi connectivity index (χ0n) is 15.8. The van der Waals surface area contributed by atoms with Crippen molar-refractivity contribution in [2.75, 3.05) is 37.1 Å². The lowest BCUT2D eigenvalue weighted by Gasteiger charge is -2.19. The number of ether oxygens (including phenoxy) is 4. The molecular formula is C21H18N2O7. The largest absolute Gasteiger partial charge is 0.486 e. The molecule has 0 fully saturated rings. The summed E-state index contributed by atoms with van der Waals surface area (Å²) < 4.78 is 21.1. The maximum atomic E-state index is 12.4. The van der Waals surface area contributed by atoms with E-state index in [1.165, 1.54) is 0 Å². The molecule has 2 aromatic rings. The van der Waals surface area contributed by atoms with Crippen molar-refractivity contribution >= 4 is 29.0 Å². The number of esters is 1. The maximum Gasteiger partial charge on any atom is 0.347 e. The Kier molecular flexibility index (Phi) is 5.51. The zero-order valence-corrected chi connectivity index (χ0v) is 15.8. The summed E-state index contributed by atoms with van der Waals surface area (Å²) in [5, 5.41) is 5.47. The minimum absolute atomic E-state index is 0.00319. The van der Waals surface area contributed by atoms with Gasteiger partial charge in [0.1, 0.15) is 13.2 Å². The molecule has 0 bridgehead atoms. The van der Waals surface area contributed by atoms with Gasteiger partial charge < -0.3 is 29.6 Å². The Bertz CT molecular complexity index is 1020. The quantitative estimate of drug-likeness (QED) is 0.548. The van der Waals surface area contributed by atoms with Crippen LogP contribution in [0.3, 0.4) is 0 Å². The van der Waals surface area contributed by atoms with Gasteiger partial charge in [-0.2, -0.15) is 0 Å². The van der Waals surface area contributed by atoms with Gasteiger partial charge in [-0.05, 0) is 24.3 Å². The summed E-state index contributed by atoms with van der Waals surface area (Å²) in [6.07, 6.45) is 0. The van der Waals surface area contributed by atoms with E-state index in [0.717, 1.165) is 0 Å². The molecule has 0 saturated heterocycles. The number of ketones is 1. The second kappa shape index (κ2) is 8.56. The van der Waals surface area contributed by atoms with Crippen LogP contribution in [0.4, 0.5) is 11.4 Å². The van der Waals surface area contributed by atoms with E-state index < -0.39 is 24.3 Å². The van der Waals surface area contributed by atoms with Gasteiger partial charge in [-0.1, -0.05) is 18.2 Å². The number of fused-ring (bicyclic) bond motifs is 1. The van der Waals surface area contributed by atoms with Crippen molar-refractivity contribution in [3.05, 3.63) is 60.0 Å². The molecule has 0 radical (unpaired) electrons. The molecule has 0 aliphatic carbocycles. The third-order valence-electron chi connectivity index (χ3n) is 4.25. The van der Waals surface area contributed by atoms with Crippen LogP contribution in [0.5, 0.6) is 11.5 Å². The molecule has 2 aromatic carbocycles. The van der Waals surface area contributed by atoms with E-state index in [1.54, 1.807) is 42.5 Å². The molecule has 2 N–H and O–H groups in total. The average Bonchev–Trinajstić information content (AvgIpc) is 3.12. The Balaban J connectivity index is 1.36. The summed E-state index contributed by atoms with van der Waals surface area (Å²) in [6, 6.07) is 13.9. The molecule has 4 rings (SSSR count). The molecule has 0 atom stereocenters. The summed E-state index contributed by atoms with van der Waals surface area (Å²) in [5.41, 5.74) is 0.848. The number of rotatable bonds is 6. The van der Waals surface area contributed by atoms with Gasteiger partial charge in [0.15, 0.2) is 30.3 Å². The zero-order chi connectivity index (χ0) is 20.9. The van der Waals surface area contributed by atoms with Crippen molar-refractivity contribution in [3.63, 3.8) is 0 Å². The van der Waals surface area contributed by atoms with Gasteiger partial charge in [-0.25, -0.2) is 4.79 Å². The number of hydrogen-bond acceptors (Lipinski definition) is 8. The Hall–Kier alpha value is -4.01. The summed E-state index contributed by atoms with van der Waals surface area (Å²) in [4.78, 5) is 36.6. The topological polar surface area (TPSA) is 112 Å². The van der Waals surface area contributed by atoms with E-state index >= 15 is 0 Å². The van der Waals surface area contributed by atoms with Gasteiger partial charge in [0, 0.05) is 17.4 Å². The second-order valence-electron chi connectivity index (χ2n) is 6.39. The van der Waals surface area contributed by atoms with Gasteiger partial charge in [-0.3, -0.25) is 9.59 Å². The highest BCUT2D eigenvalue weighted by atomic mass is 16.6. The Morgan fingerprint density at radius 1 is 0.933 bits per heavy atom. The van der Waals surface area contributed by atoms with Crippen LogP contribution in [0.15, 0.2) is 60.0 Å². The molecular weight excluding hydrogens is 392 g/mol. The molecule has 2 heterocycles. The predicted octanol–water partition coefficient (Wildman–Crippen LogP) is 1.86. The number of Topliss-reactive ketones (excluding diaryl/α,β-unsaturated/α-hetero) is 1. The first-order valence-corrected chi connectivity index (χ1v) is 9.19. The summed E-state index contributed by atoms with van der Waals surface area (Å²) in [7, 11) is 0. The van der Waals surface area contributed by atoms with Gasteiger partial charge >= 0.3 is 5.97 Å². The average molecular weight is 410 g/mol. The lowest BCUT2D eigenvalue weighted by atomic mass is 10.2. The van der Waals surface area contributed by atoms with E-state index in [0.29, 0.717) is 36.1 Å². The molecule has 2 aliphatic heterocycles. The fourth-order valence-electron chi connectivity index (χ4n) is 2.89. The first kappa shape index (κ1) is 19.3. The van der Waals surface area contributed by atoms with Crippen molar-refractivity contribution in [2.45, 2.75) is 0 Å². The molecule has 30 heavy (non-hydrogen) atoms. The van der Waals surface area contributed by atoms with Crippen LogP contribution < -0.4 is 20.1 Å². The second-order valence-corrected chi connectivity index (χ2v) is 6.39. The number of benzene rings is 2. The molecule has 0 aromatic heterocycles. The number of hydrogen-bond donors (Lipinski definition) is 2. The summed E-state index contributed by atoms with van der Waals surface area (Å²) >= 11 is 0. The Labute approximate surface area is 171 Å². The van der Waals surface area contributed by atoms with Gasteiger partial charge in [0.25, 0.3) is 5.91 Å². The van der Waals surface area contributed by atoms with Crippen LogP contribution in [0.2, 0.25) is 0 Å². The number of anilines is 2. The van der Waals surface area contributed by atoms with Crippen molar-refractivity contribution in [2.24, 2.45) is 0 Å². The predicted molar refractivity (Wildman–Crippen MR) is 105 cm³/mol. The number of carbonyl (C=O) groups is 3. The van der Waals surface area contributed by atoms with Gasteiger partial charge in [0.2, 0.25) is 11.7 Å².